The highest BCUT2D eigenvalue weighted by atomic mass is 32.1. The highest BCUT2D eigenvalue weighted by molar-refractivity contribution is 7.26. The summed E-state index contributed by atoms with van der Waals surface area (Å²) in [5, 5.41) is 5.66. The Hall–Kier alpha value is -0.380. The number of nitrogens with one attached hydrogen (secondary N) is 1. The first kappa shape index (κ1) is 14.0. The van der Waals surface area contributed by atoms with Gasteiger partial charge in [0.2, 0.25) is 0 Å². The summed E-state index contributed by atoms with van der Waals surface area (Å²) < 4.78 is 2.89. The van der Waals surface area contributed by atoms with Gasteiger partial charge in [0.15, 0.2) is 0 Å². The van der Waals surface area contributed by atoms with Gasteiger partial charge in [-0.05, 0) is 31.0 Å². The molecule has 3 heteroatoms. The van der Waals surface area contributed by atoms with E-state index in [0.29, 0.717) is 6.04 Å². The van der Waals surface area contributed by atoms with Crippen LogP contribution in [-0.2, 0) is 0 Å². The van der Waals surface area contributed by atoms with Crippen molar-refractivity contribution in [1.82, 2.24) is 5.32 Å². The van der Waals surface area contributed by atoms with Crippen LogP contribution in [-0.4, -0.2) is 7.05 Å². The summed E-state index contributed by atoms with van der Waals surface area (Å²) in [7, 11) is 2.09. The van der Waals surface area contributed by atoms with Crippen LogP contribution in [0.1, 0.15) is 56.4 Å². The fourth-order valence-corrected chi connectivity index (χ4v) is 4.60. The zero-order valence-corrected chi connectivity index (χ0v) is 13.0. The number of hydrogen-bond donors (Lipinski definition) is 1. The Morgan fingerprint density at radius 3 is 2.72 bits per heavy atom. The molecule has 0 bridgehead atoms. The van der Waals surface area contributed by atoms with E-state index in [0.717, 1.165) is 0 Å². The molecule has 0 saturated heterocycles. The Bertz CT molecular complexity index is 429. The summed E-state index contributed by atoms with van der Waals surface area (Å²) in [6.07, 6.45) is 8.11. The van der Waals surface area contributed by atoms with Crippen molar-refractivity contribution in [2.24, 2.45) is 0 Å². The van der Waals surface area contributed by atoms with Gasteiger partial charge in [0.05, 0.1) is 0 Å². The fraction of sp³-hybridized carbons (Fsp3) is 0.600. The van der Waals surface area contributed by atoms with Crippen molar-refractivity contribution < 1.29 is 0 Å². The second-order valence-electron chi connectivity index (χ2n) is 4.84. The summed E-state index contributed by atoms with van der Waals surface area (Å²) in [5.41, 5.74) is 0. The van der Waals surface area contributed by atoms with Crippen molar-refractivity contribution in [1.29, 1.82) is 0 Å². The number of hydrogen-bond acceptors (Lipinski definition) is 3. The van der Waals surface area contributed by atoms with E-state index in [1.165, 1.54) is 52.8 Å². The van der Waals surface area contributed by atoms with E-state index in [1.807, 2.05) is 22.7 Å². The van der Waals surface area contributed by atoms with Crippen LogP contribution in [0, 0.1) is 0 Å². The molecule has 0 amide bonds. The minimum absolute atomic E-state index is 0.552. The fourth-order valence-electron chi connectivity index (χ4n) is 2.34. The summed E-state index contributed by atoms with van der Waals surface area (Å²) in [6, 6.07) is 5.16. The minimum Gasteiger partial charge on any atom is -0.312 e. The molecule has 18 heavy (non-hydrogen) atoms. The molecule has 1 nitrogen and oxygen atoms in total. The molecule has 0 saturated carbocycles. The lowest BCUT2D eigenvalue weighted by Crippen LogP contribution is -2.14. The van der Waals surface area contributed by atoms with Crippen molar-refractivity contribution >= 4 is 32.1 Å². The molecule has 0 aliphatic carbocycles. The molecule has 0 aromatic carbocycles. The highest BCUT2D eigenvalue weighted by Gasteiger charge is 2.12. The summed E-state index contributed by atoms with van der Waals surface area (Å²) in [5.74, 6) is 0. The van der Waals surface area contributed by atoms with Crippen LogP contribution in [0.4, 0.5) is 0 Å². The molecular formula is C15H23NS2. The molecule has 0 fully saturated rings. The summed E-state index contributed by atoms with van der Waals surface area (Å²) in [4.78, 5) is 1.51. The standard InChI is InChI=1S/C15H23NS2/c1-3-4-5-6-7-8-12(16-2)14-11-15-13(18-14)9-10-17-15/h9-12,16H,3-8H2,1-2H3. The predicted molar refractivity (Wildman–Crippen MR) is 84.9 cm³/mol. The van der Waals surface area contributed by atoms with E-state index >= 15 is 0 Å². The van der Waals surface area contributed by atoms with E-state index in [9.17, 15) is 0 Å². The second-order valence-corrected chi connectivity index (χ2v) is 6.91. The van der Waals surface area contributed by atoms with Gasteiger partial charge in [0, 0.05) is 20.3 Å². The SMILES string of the molecule is CCCCCCCC(NC)c1cc2sccc2s1. The average Bonchev–Trinajstić information content (AvgIpc) is 2.94. The molecule has 0 spiro atoms. The van der Waals surface area contributed by atoms with Crippen LogP contribution in [0.5, 0.6) is 0 Å². The van der Waals surface area contributed by atoms with Crippen molar-refractivity contribution in [3.8, 4) is 0 Å². The van der Waals surface area contributed by atoms with Crippen molar-refractivity contribution in [2.45, 2.75) is 51.5 Å². The third-order valence-electron chi connectivity index (χ3n) is 3.45. The van der Waals surface area contributed by atoms with Gasteiger partial charge in [0.1, 0.15) is 0 Å². The maximum Gasteiger partial charge on any atom is 0.0454 e. The molecule has 0 aliphatic heterocycles. The quantitative estimate of drug-likeness (QED) is 0.622. The van der Waals surface area contributed by atoms with Gasteiger partial charge in [-0.2, -0.15) is 0 Å². The average molecular weight is 281 g/mol. The minimum atomic E-state index is 0.552. The first-order valence-corrected chi connectivity index (χ1v) is 8.69. The molecular weight excluding hydrogens is 258 g/mol. The Labute approximate surface area is 118 Å². The Balaban J connectivity index is 1.86. The van der Waals surface area contributed by atoms with E-state index in [1.54, 1.807) is 0 Å². The van der Waals surface area contributed by atoms with Gasteiger partial charge >= 0.3 is 0 Å². The molecule has 2 aromatic heterocycles. The Kier molecular flexibility index (Phi) is 5.67. The maximum absolute atomic E-state index is 3.48. The van der Waals surface area contributed by atoms with Crippen LogP contribution < -0.4 is 5.32 Å². The lowest BCUT2D eigenvalue weighted by atomic mass is 10.1. The number of fused-ring (bicyclic) bond motifs is 1. The van der Waals surface area contributed by atoms with E-state index < -0.39 is 0 Å². The molecule has 2 rings (SSSR count). The number of thiophene rings is 2. The highest BCUT2D eigenvalue weighted by Crippen LogP contribution is 2.34. The summed E-state index contributed by atoms with van der Waals surface area (Å²) >= 11 is 3.81. The zero-order chi connectivity index (χ0) is 12.8. The van der Waals surface area contributed by atoms with Crippen LogP contribution in [0.25, 0.3) is 9.40 Å². The molecule has 100 valence electrons. The molecule has 1 unspecified atom stereocenters. The smallest absolute Gasteiger partial charge is 0.0454 e. The van der Waals surface area contributed by atoms with Crippen molar-refractivity contribution in [3.63, 3.8) is 0 Å². The van der Waals surface area contributed by atoms with Crippen LogP contribution in [0.15, 0.2) is 17.5 Å². The molecule has 0 radical (unpaired) electrons. The topological polar surface area (TPSA) is 12.0 Å². The normalized spacial score (nSPS) is 13.2. The van der Waals surface area contributed by atoms with Crippen LogP contribution in [0.3, 0.4) is 0 Å². The first-order valence-electron chi connectivity index (χ1n) is 6.99. The van der Waals surface area contributed by atoms with E-state index in [4.69, 9.17) is 0 Å². The van der Waals surface area contributed by atoms with Gasteiger partial charge in [-0.15, -0.1) is 22.7 Å². The zero-order valence-electron chi connectivity index (χ0n) is 11.4. The Morgan fingerprint density at radius 2 is 2.00 bits per heavy atom. The monoisotopic (exact) mass is 281 g/mol. The molecule has 0 aliphatic rings. The molecule has 1 atom stereocenters. The first-order chi connectivity index (χ1) is 8.85. The third kappa shape index (κ3) is 3.56. The second kappa shape index (κ2) is 7.27. The molecule has 2 aromatic rings. The Morgan fingerprint density at radius 1 is 1.17 bits per heavy atom. The largest absolute Gasteiger partial charge is 0.312 e. The number of rotatable bonds is 8. The predicted octanol–water partition coefficient (Wildman–Crippen LogP) is 5.58. The lowest BCUT2D eigenvalue weighted by Gasteiger charge is -2.14. The van der Waals surface area contributed by atoms with Crippen molar-refractivity contribution in [3.05, 3.63) is 22.4 Å². The van der Waals surface area contributed by atoms with Gasteiger partial charge in [-0.1, -0.05) is 39.0 Å². The van der Waals surface area contributed by atoms with Gasteiger partial charge in [-0.3, -0.25) is 0 Å². The molecule has 2 heterocycles. The van der Waals surface area contributed by atoms with Gasteiger partial charge in [-0.25, -0.2) is 0 Å². The van der Waals surface area contributed by atoms with E-state index in [2.05, 4.69) is 36.8 Å². The number of unbranched alkanes of at least 4 members (excludes halogenated alkanes) is 4. The van der Waals surface area contributed by atoms with Crippen molar-refractivity contribution in [2.75, 3.05) is 7.05 Å². The van der Waals surface area contributed by atoms with E-state index in [-0.39, 0.29) is 0 Å². The van der Waals surface area contributed by atoms with Crippen LogP contribution >= 0.6 is 22.7 Å². The maximum atomic E-state index is 3.48. The molecule has 1 N–H and O–H groups in total. The van der Waals surface area contributed by atoms with Crippen LogP contribution in [0.2, 0.25) is 0 Å². The third-order valence-corrected chi connectivity index (χ3v) is 5.65. The van der Waals surface area contributed by atoms with Gasteiger partial charge < -0.3 is 5.32 Å². The lowest BCUT2D eigenvalue weighted by molar-refractivity contribution is 0.507. The summed E-state index contributed by atoms with van der Waals surface area (Å²) in [6.45, 7) is 2.27. The van der Waals surface area contributed by atoms with Gasteiger partial charge in [0.25, 0.3) is 0 Å².